The van der Waals surface area contributed by atoms with Crippen LogP contribution >= 0.6 is 11.3 Å². The van der Waals surface area contributed by atoms with Crippen LogP contribution in [-0.2, 0) is 0 Å². The predicted octanol–water partition coefficient (Wildman–Crippen LogP) is 11.9. The largest absolute Gasteiger partial charge is 0.455 e. The summed E-state index contributed by atoms with van der Waals surface area (Å²) in [5.74, 6) is 1.33. The number of benzene rings is 6. The third-order valence-corrected chi connectivity index (χ3v) is 10.3. The highest BCUT2D eigenvalue weighted by molar-refractivity contribution is 7.26. The summed E-state index contributed by atoms with van der Waals surface area (Å²) in [6, 6.07) is 53.7. The molecule has 0 radical (unpaired) electrons. The van der Waals surface area contributed by atoms with Crippen LogP contribution in [0.25, 0.3) is 98.8 Å². The second kappa shape index (κ2) is 11.6. The maximum absolute atomic E-state index is 6.74. The van der Waals surface area contributed by atoms with Crippen molar-refractivity contribution in [2.75, 3.05) is 0 Å². The lowest BCUT2D eigenvalue weighted by Crippen LogP contribution is -1.96. The average molecular weight is 659 g/mol. The van der Waals surface area contributed by atoms with Crippen molar-refractivity contribution in [3.63, 3.8) is 0 Å². The number of para-hydroxylation sites is 1. The minimum Gasteiger partial charge on any atom is -0.455 e. The standard InChI is InChI=1S/C44H26N4OS/c1-4-13-27(14-5-1)35-26-36(46-43(45-35)29-17-8-3-9-18-29)33-21-12-20-32-31-24-23-30(25-37(31)49-41(32)33)44-47-39(28-15-6-2-7-16-28)42-40(48-44)34-19-10-11-22-38(34)50-42/h1-26H. The third-order valence-electron chi connectivity index (χ3n) is 9.13. The van der Waals surface area contributed by atoms with E-state index in [4.69, 9.17) is 24.4 Å². The van der Waals surface area contributed by atoms with E-state index in [1.165, 1.54) is 4.70 Å². The number of aromatic nitrogens is 4. The van der Waals surface area contributed by atoms with E-state index in [-0.39, 0.29) is 0 Å². The van der Waals surface area contributed by atoms with E-state index < -0.39 is 0 Å². The Morgan fingerprint density at radius 1 is 0.440 bits per heavy atom. The second-order valence-electron chi connectivity index (χ2n) is 12.2. The molecule has 0 fully saturated rings. The minimum absolute atomic E-state index is 0.665. The Labute approximate surface area is 291 Å². The van der Waals surface area contributed by atoms with Crippen LogP contribution in [0, 0.1) is 0 Å². The summed E-state index contributed by atoms with van der Waals surface area (Å²) in [4.78, 5) is 20.4. The van der Waals surface area contributed by atoms with Gasteiger partial charge in [-0.15, -0.1) is 11.3 Å². The van der Waals surface area contributed by atoms with Gasteiger partial charge in [0.25, 0.3) is 0 Å². The summed E-state index contributed by atoms with van der Waals surface area (Å²) in [6.07, 6.45) is 0. The van der Waals surface area contributed by atoms with E-state index in [2.05, 4.69) is 103 Å². The molecular formula is C44H26N4OS. The van der Waals surface area contributed by atoms with Gasteiger partial charge < -0.3 is 4.42 Å². The number of rotatable bonds is 5. The van der Waals surface area contributed by atoms with Crippen LogP contribution in [0.4, 0.5) is 0 Å². The van der Waals surface area contributed by atoms with Gasteiger partial charge in [0.05, 0.1) is 27.3 Å². The fourth-order valence-electron chi connectivity index (χ4n) is 6.71. The third kappa shape index (κ3) is 4.77. The molecule has 0 aliphatic heterocycles. The Morgan fingerprint density at radius 3 is 1.90 bits per heavy atom. The molecule has 10 rings (SSSR count). The van der Waals surface area contributed by atoms with Gasteiger partial charge in [-0.05, 0) is 30.3 Å². The van der Waals surface area contributed by atoms with Crippen molar-refractivity contribution >= 4 is 53.6 Å². The first-order valence-electron chi connectivity index (χ1n) is 16.5. The normalized spacial score (nSPS) is 11.6. The van der Waals surface area contributed by atoms with Crippen LogP contribution in [0.5, 0.6) is 0 Å². The van der Waals surface area contributed by atoms with Crippen LogP contribution in [-0.4, -0.2) is 19.9 Å². The summed E-state index contributed by atoms with van der Waals surface area (Å²) in [7, 11) is 0. The van der Waals surface area contributed by atoms with Gasteiger partial charge in [-0.25, -0.2) is 19.9 Å². The van der Waals surface area contributed by atoms with Gasteiger partial charge in [-0.1, -0.05) is 127 Å². The molecule has 10 aromatic rings. The van der Waals surface area contributed by atoms with Crippen molar-refractivity contribution in [2.24, 2.45) is 0 Å². The van der Waals surface area contributed by atoms with Crippen LogP contribution in [0.15, 0.2) is 162 Å². The summed E-state index contributed by atoms with van der Waals surface area (Å²) < 4.78 is 9.02. The number of furan rings is 1. The zero-order chi connectivity index (χ0) is 33.0. The van der Waals surface area contributed by atoms with Crippen molar-refractivity contribution in [2.45, 2.75) is 0 Å². The second-order valence-corrected chi connectivity index (χ2v) is 13.3. The fourth-order valence-corrected chi connectivity index (χ4v) is 7.86. The number of fused-ring (bicyclic) bond motifs is 6. The molecule has 0 bridgehead atoms. The molecular weight excluding hydrogens is 633 g/mol. The van der Waals surface area contributed by atoms with Crippen LogP contribution < -0.4 is 0 Å². The van der Waals surface area contributed by atoms with Crippen molar-refractivity contribution in [3.8, 4) is 56.5 Å². The number of hydrogen-bond acceptors (Lipinski definition) is 6. The van der Waals surface area contributed by atoms with E-state index >= 15 is 0 Å². The van der Waals surface area contributed by atoms with Crippen molar-refractivity contribution < 1.29 is 4.42 Å². The predicted molar refractivity (Wildman–Crippen MR) is 205 cm³/mol. The van der Waals surface area contributed by atoms with Crippen molar-refractivity contribution in [1.29, 1.82) is 0 Å². The number of hydrogen-bond donors (Lipinski definition) is 0. The van der Waals surface area contributed by atoms with Crippen LogP contribution in [0.2, 0.25) is 0 Å². The molecule has 0 N–H and O–H groups in total. The molecule has 6 heteroatoms. The number of nitrogens with zero attached hydrogens (tertiary/aromatic N) is 4. The molecule has 0 atom stereocenters. The van der Waals surface area contributed by atoms with Gasteiger partial charge in [-0.2, -0.15) is 0 Å². The monoisotopic (exact) mass is 658 g/mol. The fraction of sp³-hybridized carbons (Fsp3) is 0. The van der Waals surface area contributed by atoms with Gasteiger partial charge in [-0.3, -0.25) is 0 Å². The highest BCUT2D eigenvalue weighted by Gasteiger charge is 2.19. The molecule has 0 aliphatic carbocycles. The minimum atomic E-state index is 0.665. The van der Waals surface area contributed by atoms with E-state index in [1.54, 1.807) is 11.3 Å². The molecule has 6 aromatic carbocycles. The van der Waals surface area contributed by atoms with E-state index in [0.717, 1.165) is 82.4 Å². The van der Waals surface area contributed by atoms with Gasteiger partial charge in [0.2, 0.25) is 0 Å². The number of thiophene rings is 1. The highest BCUT2D eigenvalue weighted by atomic mass is 32.1. The Balaban J connectivity index is 1.15. The molecule has 0 amide bonds. The zero-order valence-electron chi connectivity index (χ0n) is 26.6. The van der Waals surface area contributed by atoms with E-state index in [1.807, 2.05) is 54.6 Å². The lowest BCUT2D eigenvalue weighted by Gasteiger charge is -2.09. The van der Waals surface area contributed by atoms with Crippen LogP contribution in [0.3, 0.4) is 0 Å². The topological polar surface area (TPSA) is 64.7 Å². The first-order chi connectivity index (χ1) is 24.8. The highest BCUT2D eigenvalue weighted by Crippen LogP contribution is 2.41. The maximum atomic E-state index is 6.74. The molecule has 0 aliphatic rings. The average Bonchev–Trinajstić information content (AvgIpc) is 3.76. The SMILES string of the molecule is c1ccc(-c2cc(-c3cccc4c3oc3cc(-c5nc(-c6ccccc6)c6sc7ccccc7c6n5)ccc34)nc(-c3ccccc3)n2)cc1. The Morgan fingerprint density at radius 2 is 1.10 bits per heavy atom. The molecule has 0 saturated heterocycles. The first kappa shape index (κ1) is 28.5. The maximum Gasteiger partial charge on any atom is 0.160 e. The molecule has 5 nitrogen and oxygen atoms in total. The van der Waals surface area contributed by atoms with Gasteiger partial charge in [0.15, 0.2) is 11.6 Å². The molecule has 0 unspecified atom stereocenters. The summed E-state index contributed by atoms with van der Waals surface area (Å²) in [5, 5.41) is 3.18. The van der Waals surface area contributed by atoms with Gasteiger partial charge >= 0.3 is 0 Å². The molecule has 0 saturated carbocycles. The Kier molecular flexibility index (Phi) is 6.60. The van der Waals surface area contributed by atoms with E-state index in [0.29, 0.717) is 11.6 Å². The quantitative estimate of drug-likeness (QED) is 0.184. The Bertz CT molecular complexity index is 2810. The van der Waals surface area contributed by atoms with E-state index in [9.17, 15) is 0 Å². The lowest BCUT2D eigenvalue weighted by molar-refractivity contribution is 0.670. The van der Waals surface area contributed by atoms with Crippen LogP contribution in [0.1, 0.15) is 0 Å². The molecule has 0 spiro atoms. The van der Waals surface area contributed by atoms with Gasteiger partial charge in [0, 0.05) is 48.7 Å². The van der Waals surface area contributed by atoms with Crippen molar-refractivity contribution in [1.82, 2.24) is 19.9 Å². The van der Waals surface area contributed by atoms with Gasteiger partial charge in [0.1, 0.15) is 11.2 Å². The summed E-state index contributed by atoms with van der Waals surface area (Å²) >= 11 is 1.74. The lowest BCUT2D eigenvalue weighted by atomic mass is 10.0. The van der Waals surface area contributed by atoms with Crippen molar-refractivity contribution in [3.05, 3.63) is 158 Å². The summed E-state index contributed by atoms with van der Waals surface area (Å²) in [5.41, 5.74) is 9.96. The molecule has 4 heterocycles. The first-order valence-corrected chi connectivity index (χ1v) is 17.3. The molecule has 50 heavy (non-hydrogen) atoms. The molecule has 234 valence electrons. The Hall–Kier alpha value is -6.50. The smallest absolute Gasteiger partial charge is 0.160 e. The summed E-state index contributed by atoms with van der Waals surface area (Å²) in [6.45, 7) is 0. The molecule has 4 aromatic heterocycles. The zero-order valence-corrected chi connectivity index (χ0v) is 27.4.